The van der Waals surface area contributed by atoms with E-state index >= 15 is 0 Å². The van der Waals surface area contributed by atoms with Crippen LogP contribution in [0.1, 0.15) is 44.6 Å². The van der Waals surface area contributed by atoms with E-state index in [0.29, 0.717) is 17.9 Å². The van der Waals surface area contributed by atoms with Crippen LogP contribution >= 0.6 is 0 Å². The molecular formula is C32H39N3O6S. The second kappa shape index (κ2) is 14.2. The highest BCUT2D eigenvalue weighted by Gasteiger charge is 2.35. The van der Waals surface area contributed by atoms with Gasteiger partial charge in [-0.2, -0.15) is 0 Å². The normalized spacial score (nSPS) is 14.2. The van der Waals surface area contributed by atoms with Gasteiger partial charge in [-0.05, 0) is 61.2 Å². The Bertz CT molecular complexity index is 1460. The highest BCUT2D eigenvalue weighted by atomic mass is 32.2. The molecular weight excluding hydrogens is 554 g/mol. The number of carbonyl (C=O) groups is 2. The van der Waals surface area contributed by atoms with Crippen LogP contribution in [-0.2, 0) is 26.2 Å². The molecule has 1 aliphatic carbocycles. The minimum atomic E-state index is -4.18. The molecule has 10 heteroatoms. The van der Waals surface area contributed by atoms with Crippen molar-refractivity contribution in [2.75, 3.05) is 25.1 Å². The van der Waals surface area contributed by atoms with Gasteiger partial charge in [0.25, 0.3) is 10.0 Å². The molecule has 2 amide bonds. The Morgan fingerprint density at radius 2 is 1.62 bits per heavy atom. The molecule has 1 aliphatic rings. The zero-order chi connectivity index (χ0) is 30.1. The number of sulfonamides is 1. The molecule has 1 saturated carbocycles. The Morgan fingerprint density at radius 1 is 0.929 bits per heavy atom. The molecule has 0 aromatic heterocycles. The number of methoxy groups -OCH3 is 2. The lowest BCUT2D eigenvalue weighted by Gasteiger charge is -2.34. The number of rotatable bonds is 13. The van der Waals surface area contributed by atoms with Crippen LogP contribution in [0.5, 0.6) is 11.5 Å². The summed E-state index contributed by atoms with van der Waals surface area (Å²) in [6, 6.07) is 21.2. The zero-order valence-corrected chi connectivity index (χ0v) is 25.2. The summed E-state index contributed by atoms with van der Waals surface area (Å²) in [7, 11) is -1.18. The predicted octanol–water partition coefficient (Wildman–Crippen LogP) is 4.77. The first-order valence-electron chi connectivity index (χ1n) is 14.2. The van der Waals surface area contributed by atoms with E-state index in [-0.39, 0.29) is 29.1 Å². The van der Waals surface area contributed by atoms with Crippen LogP contribution in [0.15, 0.2) is 83.8 Å². The molecule has 1 fully saturated rings. The molecule has 0 aliphatic heterocycles. The maximum atomic E-state index is 14.3. The van der Waals surface area contributed by atoms with Gasteiger partial charge in [-0.3, -0.25) is 13.9 Å². The maximum Gasteiger partial charge on any atom is 0.264 e. The third-order valence-electron chi connectivity index (χ3n) is 7.54. The second-order valence-corrected chi connectivity index (χ2v) is 12.1. The summed E-state index contributed by atoms with van der Waals surface area (Å²) in [6.45, 7) is 1.41. The molecule has 0 spiro atoms. The molecule has 0 radical (unpaired) electrons. The third kappa shape index (κ3) is 7.23. The minimum absolute atomic E-state index is 0.0362. The molecule has 224 valence electrons. The van der Waals surface area contributed by atoms with E-state index in [1.165, 1.54) is 24.1 Å². The first-order chi connectivity index (χ1) is 20.3. The lowest BCUT2D eigenvalue weighted by molar-refractivity contribution is -0.140. The van der Waals surface area contributed by atoms with E-state index in [4.69, 9.17) is 9.47 Å². The topological polar surface area (TPSA) is 105 Å². The van der Waals surface area contributed by atoms with Gasteiger partial charge in [0.2, 0.25) is 11.8 Å². The zero-order valence-electron chi connectivity index (χ0n) is 24.4. The number of para-hydroxylation sites is 2. The van der Waals surface area contributed by atoms with Crippen LogP contribution in [0, 0.1) is 0 Å². The van der Waals surface area contributed by atoms with Crippen LogP contribution in [0.4, 0.5) is 5.69 Å². The number of anilines is 1. The maximum absolute atomic E-state index is 14.3. The van der Waals surface area contributed by atoms with Crippen molar-refractivity contribution in [2.45, 2.75) is 62.6 Å². The van der Waals surface area contributed by atoms with Crippen molar-refractivity contribution in [3.63, 3.8) is 0 Å². The van der Waals surface area contributed by atoms with Gasteiger partial charge in [-0.25, -0.2) is 8.42 Å². The van der Waals surface area contributed by atoms with Gasteiger partial charge in [0.15, 0.2) is 0 Å². The number of hydrogen-bond donors (Lipinski definition) is 1. The Kier molecular flexibility index (Phi) is 10.5. The number of nitrogens with one attached hydrogen (secondary N) is 1. The summed E-state index contributed by atoms with van der Waals surface area (Å²) < 4.78 is 39.9. The van der Waals surface area contributed by atoms with Crippen LogP contribution in [0.25, 0.3) is 0 Å². The molecule has 0 unspecified atom stereocenters. The van der Waals surface area contributed by atoms with Crippen molar-refractivity contribution < 1.29 is 27.5 Å². The SMILES string of the molecule is CC[C@@H](C(=O)NC1CCCC1)N(Cc1cccc(OC)c1)C(=O)CN(c1ccccc1OC)S(=O)(=O)c1ccccc1. The van der Waals surface area contributed by atoms with E-state index in [1.807, 2.05) is 19.1 Å². The van der Waals surface area contributed by atoms with Gasteiger partial charge in [-0.1, -0.05) is 62.2 Å². The fourth-order valence-corrected chi connectivity index (χ4v) is 6.77. The monoisotopic (exact) mass is 593 g/mol. The van der Waals surface area contributed by atoms with Crippen molar-refractivity contribution in [3.05, 3.63) is 84.4 Å². The fraction of sp³-hybridized carbons (Fsp3) is 0.375. The molecule has 1 N–H and O–H groups in total. The van der Waals surface area contributed by atoms with E-state index in [0.717, 1.165) is 35.6 Å². The summed E-state index contributed by atoms with van der Waals surface area (Å²) in [4.78, 5) is 29.4. The summed E-state index contributed by atoms with van der Waals surface area (Å²) >= 11 is 0. The van der Waals surface area contributed by atoms with E-state index in [9.17, 15) is 18.0 Å². The smallest absolute Gasteiger partial charge is 0.264 e. The molecule has 1 atom stereocenters. The molecule has 3 aromatic rings. The van der Waals surface area contributed by atoms with Crippen molar-refractivity contribution in [2.24, 2.45) is 0 Å². The van der Waals surface area contributed by atoms with Gasteiger partial charge >= 0.3 is 0 Å². The number of nitrogens with zero attached hydrogens (tertiary/aromatic N) is 2. The molecule has 4 rings (SSSR count). The summed E-state index contributed by atoms with van der Waals surface area (Å²) in [5.41, 5.74) is 0.978. The molecule has 0 bridgehead atoms. The van der Waals surface area contributed by atoms with Gasteiger partial charge in [0, 0.05) is 12.6 Å². The summed E-state index contributed by atoms with van der Waals surface area (Å²) in [5, 5.41) is 3.12. The van der Waals surface area contributed by atoms with Crippen molar-refractivity contribution >= 4 is 27.5 Å². The van der Waals surface area contributed by atoms with Crippen LogP contribution in [0.2, 0.25) is 0 Å². The van der Waals surface area contributed by atoms with Gasteiger partial charge in [0.05, 0.1) is 24.8 Å². The Hall–Kier alpha value is -4.05. The molecule has 0 saturated heterocycles. The predicted molar refractivity (Wildman–Crippen MR) is 162 cm³/mol. The van der Waals surface area contributed by atoms with Crippen LogP contribution in [-0.4, -0.2) is 58.0 Å². The van der Waals surface area contributed by atoms with E-state index < -0.39 is 28.5 Å². The average molecular weight is 594 g/mol. The van der Waals surface area contributed by atoms with Crippen molar-refractivity contribution in [1.29, 1.82) is 0 Å². The Morgan fingerprint density at radius 3 is 2.29 bits per heavy atom. The second-order valence-electron chi connectivity index (χ2n) is 10.3. The number of ether oxygens (including phenoxy) is 2. The Labute approximate surface area is 248 Å². The van der Waals surface area contributed by atoms with Crippen molar-refractivity contribution in [1.82, 2.24) is 10.2 Å². The number of amides is 2. The largest absolute Gasteiger partial charge is 0.497 e. The molecule has 9 nitrogen and oxygen atoms in total. The third-order valence-corrected chi connectivity index (χ3v) is 9.31. The van der Waals surface area contributed by atoms with Crippen molar-refractivity contribution in [3.8, 4) is 11.5 Å². The lowest BCUT2D eigenvalue weighted by atomic mass is 10.1. The van der Waals surface area contributed by atoms with Gasteiger partial charge in [-0.15, -0.1) is 0 Å². The highest BCUT2D eigenvalue weighted by Crippen LogP contribution is 2.32. The number of hydrogen-bond acceptors (Lipinski definition) is 6. The quantitative estimate of drug-likeness (QED) is 0.306. The van der Waals surface area contributed by atoms with E-state index in [1.54, 1.807) is 61.7 Å². The summed E-state index contributed by atoms with van der Waals surface area (Å²) in [5.74, 6) is 0.160. The molecule has 42 heavy (non-hydrogen) atoms. The first-order valence-corrected chi connectivity index (χ1v) is 15.7. The number of benzene rings is 3. The van der Waals surface area contributed by atoms with Crippen LogP contribution < -0.4 is 19.1 Å². The fourth-order valence-electron chi connectivity index (χ4n) is 5.32. The standard InChI is InChI=1S/C32H39N3O6S/c1-4-28(32(37)33-25-14-8-9-15-25)34(22-24-13-12-16-26(21-24)40-2)31(36)23-35(29-19-10-11-20-30(29)41-3)42(38,39)27-17-6-5-7-18-27/h5-7,10-13,16-21,25,28H,4,8-9,14-15,22-23H2,1-3H3,(H,33,37)/t28-/m0/s1. The summed E-state index contributed by atoms with van der Waals surface area (Å²) in [6.07, 6.45) is 4.28. The Balaban J connectivity index is 1.74. The minimum Gasteiger partial charge on any atom is -0.497 e. The van der Waals surface area contributed by atoms with Gasteiger partial charge in [0.1, 0.15) is 24.1 Å². The highest BCUT2D eigenvalue weighted by molar-refractivity contribution is 7.92. The molecule has 3 aromatic carbocycles. The van der Waals surface area contributed by atoms with E-state index in [2.05, 4.69) is 5.32 Å². The van der Waals surface area contributed by atoms with Gasteiger partial charge < -0.3 is 19.7 Å². The number of carbonyl (C=O) groups excluding carboxylic acids is 2. The average Bonchev–Trinajstić information content (AvgIpc) is 3.53. The van der Waals surface area contributed by atoms with Crippen LogP contribution in [0.3, 0.4) is 0 Å². The first kappa shape index (κ1) is 30.9. The molecule has 0 heterocycles. The lowest BCUT2D eigenvalue weighted by Crippen LogP contribution is -2.53.